The molecule has 0 saturated carbocycles. The fourth-order valence-electron chi connectivity index (χ4n) is 4.80. The van der Waals surface area contributed by atoms with Crippen molar-refractivity contribution in [1.29, 1.82) is 0 Å². The minimum absolute atomic E-state index is 0.0000392. The van der Waals surface area contributed by atoms with Crippen LogP contribution in [0.3, 0.4) is 0 Å². The zero-order valence-electron chi connectivity index (χ0n) is 19.6. The lowest BCUT2D eigenvalue weighted by atomic mass is 9.93. The Labute approximate surface area is 200 Å². The van der Waals surface area contributed by atoms with Crippen LogP contribution in [0, 0.1) is 12.7 Å². The van der Waals surface area contributed by atoms with Crippen molar-refractivity contribution >= 4 is 16.1 Å². The first-order chi connectivity index (χ1) is 16.3. The van der Waals surface area contributed by atoms with Crippen LogP contribution in [0.5, 0.6) is 0 Å². The van der Waals surface area contributed by atoms with E-state index >= 15 is 0 Å². The van der Waals surface area contributed by atoms with E-state index in [1.165, 1.54) is 16.4 Å². The van der Waals surface area contributed by atoms with E-state index in [9.17, 15) is 17.6 Å². The lowest BCUT2D eigenvalue weighted by molar-refractivity contribution is 0.0500. The number of nitrogens with one attached hydrogen (secondary N) is 1. The third-order valence-corrected chi connectivity index (χ3v) is 8.62. The van der Waals surface area contributed by atoms with E-state index < -0.39 is 34.0 Å². The SMILES string of the molecule is Cc1ccc(S(=O)(=O)N2[C@@H](COC(=O)N3CCNC[C@@H]3C)CCC[C@H]2c2cccc(F)c2)cc1. The molecule has 1 amide bonds. The number of nitrogens with zero attached hydrogens (tertiary/aromatic N) is 2. The van der Waals surface area contributed by atoms with Crippen molar-refractivity contribution in [2.45, 2.75) is 56.1 Å². The molecule has 0 spiro atoms. The molecule has 2 aromatic rings. The Hall–Kier alpha value is -2.49. The highest BCUT2D eigenvalue weighted by molar-refractivity contribution is 7.89. The third kappa shape index (κ3) is 5.26. The van der Waals surface area contributed by atoms with E-state index in [-0.39, 0.29) is 17.5 Å². The monoisotopic (exact) mass is 489 g/mol. The molecule has 2 aliphatic rings. The van der Waals surface area contributed by atoms with Crippen LogP contribution in [0.25, 0.3) is 0 Å². The number of halogens is 1. The van der Waals surface area contributed by atoms with Crippen molar-refractivity contribution in [3.05, 3.63) is 65.5 Å². The van der Waals surface area contributed by atoms with E-state index in [2.05, 4.69) is 5.32 Å². The van der Waals surface area contributed by atoms with Gasteiger partial charge >= 0.3 is 6.09 Å². The number of hydrogen-bond donors (Lipinski definition) is 1. The van der Waals surface area contributed by atoms with Gasteiger partial charge in [-0.15, -0.1) is 0 Å². The third-order valence-electron chi connectivity index (χ3n) is 6.65. The number of hydrogen-bond acceptors (Lipinski definition) is 5. The van der Waals surface area contributed by atoms with E-state index in [1.54, 1.807) is 41.3 Å². The lowest BCUT2D eigenvalue weighted by Crippen LogP contribution is -2.53. The summed E-state index contributed by atoms with van der Waals surface area (Å²) in [4.78, 5) is 14.6. The summed E-state index contributed by atoms with van der Waals surface area (Å²) < 4.78 is 48.9. The summed E-state index contributed by atoms with van der Waals surface area (Å²) in [7, 11) is -3.93. The summed E-state index contributed by atoms with van der Waals surface area (Å²) in [6.07, 6.45) is 1.43. The van der Waals surface area contributed by atoms with Crippen molar-refractivity contribution in [2.24, 2.45) is 0 Å². The average Bonchev–Trinajstić information content (AvgIpc) is 2.83. The molecule has 0 radical (unpaired) electrons. The quantitative estimate of drug-likeness (QED) is 0.690. The van der Waals surface area contributed by atoms with Gasteiger partial charge in [0.2, 0.25) is 10.0 Å². The van der Waals surface area contributed by atoms with E-state index in [1.807, 2.05) is 13.8 Å². The summed E-state index contributed by atoms with van der Waals surface area (Å²) in [5.41, 5.74) is 1.55. The fourth-order valence-corrected chi connectivity index (χ4v) is 6.64. The molecule has 3 atom stereocenters. The topological polar surface area (TPSA) is 79.0 Å². The van der Waals surface area contributed by atoms with Gasteiger partial charge in [0.1, 0.15) is 12.4 Å². The number of piperidine rings is 1. The molecule has 0 bridgehead atoms. The van der Waals surface area contributed by atoms with Crippen LogP contribution in [0.15, 0.2) is 53.4 Å². The zero-order chi connectivity index (χ0) is 24.3. The maximum absolute atomic E-state index is 14.1. The van der Waals surface area contributed by atoms with Crippen molar-refractivity contribution in [3.63, 3.8) is 0 Å². The van der Waals surface area contributed by atoms with Crippen LogP contribution in [0.2, 0.25) is 0 Å². The fraction of sp³-hybridized carbons (Fsp3) is 0.480. The molecule has 2 aliphatic heterocycles. The number of rotatable bonds is 5. The second kappa shape index (κ2) is 10.4. The molecule has 0 unspecified atom stereocenters. The molecule has 7 nitrogen and oxygen atoms in total. The zero-order valence-corrected chi connectivity index (χ0v) is 20.4. The predicted octanol–water partition coefficient (Wildman–Crippen LogP) is 3.85. The average molecular weight is 490 g/mol. The minimum atomic E-state index is -3.93. The minimum Gasteiger partial charge on any atom is -0.448 e. The molecule has 4 rings (SSSR count). The number of carbonyl (C=O) groups excluding carboxylic acids is 1. The standard InChI is InChI=1S/C25H32FN3O4S/c1-18-9-11-23(12-10-18)34(31,32)29-22(17-33-25(30)28-14-13-27-16-19(28)2)7-4-8-24(29)20-5-3-6-21(26)15-20/h3,5-6,9-12,15,19,22,24,27H,4,7-8,13-14,16-17H2,1-2H3/t19-,22+,24-/m0/s1. The van der Waals surface area contributed by atoms with Crippen LogP contribution in [0.1, 0.15) is 43.4 Å². The molecular formula is C25H32FN3O4S. The maximum Gasteiger partial charge on any atom is 0.410 e. The van der Waals surface area contributed by atoms with Gasteiger partial charge in [0, 0.05) is 25.7 Å². The molecule has 0 aliphatic carbocycles. The Balaban J connectivity index is 1.63. The summed E-state index contributed by atoms with van der Waals surface area (Å²) >= 11 is 0. The molecule has 2 saturated heterocycles. The molecule has 2 aromatic carbocycles. The Bertz CT molecular complexity index is 1110. The van der Waals surface area contributed by atoms with Gasteiger partial charge in [-0.3, -0.25) is 0 Å². The van der Waals surface area contributed by atoms with Gasteiger partial charge in [0.15, 0.2) is 0 Å². The number of carbonyl (C=O) groups is 1. The highest BCUT2D eigenvalue weighted by atomic mass is 32.2. The van der Waals surface area contributed by atoms with Crippen molar-refractivity contribution < 1.29 is 22.3 Å². The molecule has 2 fully saturated rings. The maximum atomic E-state index is 14.1. The number of amides is 1. The van der Waals surface area contributed by atoms with Crippen LogP contribution in [-0.2, 0) is 14.8 Å². The summed E-state index contributed by atoms with van der Waals surface area (Å²) in [6, 6.07) is 11.7. The summed E-state index contributed by atoms with van der Waals surface area (Å²) in [6.45, 7) is 5.72. The molecule has 9 heteroatoms. The molecule has 1 N–H and O–H groups in total. The van der Waals surface area contributed by atoms with Crippen LogP contribution >= 0.6 is 0 Å². The molecule has 34 heavy (non-hydrogen) atoms. The second-order valence-electron chi connectivity index (χ2n) is 9.13. The van der Waals surface area contributed by atoms with Gasteiger partial charge in [-0.25, -0.2) is 17.6 Å². The van der Waals surface area contributed by atoms with Gasteiger partial charge < -0.3 is 15.0 Å². The summed E-state index contributed by atoms with van der Waals surface area (Å²) in [5, 5.41) is 3.23. The number of aryl methyl sites for hydroxylation is 1. The predicted molar refractivity (Wildman–Crippen MR) is 127 cm³/mol. The smallest absolute Gasteiger partial charge is 0.410 e. The van der Waals surface area contributed by atoms with Crippen LogP contribution < -0.4 is 5.32 Å². The lowest BCUT2D eigenvalue weighted by Gasteiger charge is -2.41. The molecule has 0 aromatic heterocycles. The van der Waals surface area contributed by atoms with Gasteiger partial charge in [-0.2, -0.15) is 4.31 Å². The largest absolute Gasteiger partial charge is 0.448 e. The number of sulfonamides is 1. The Morgan fingerprint density at radius 3 is 2.65 bits per heavy atom. The second-order valence-corrected chi connectivity index (χ2v) is 11.0. The van der Waals surface area contributed by atoms with Gasteiger partial charge in [0.25, 0.3) is 0 Å². The first-order valence-corrected chi connectivity index (χ1v) is 13.2. The van der Waals surface area contributed by atoms with E-state index in [0.717, 1.165) is 12.0 Å². The van der Waals surface area contributed by atoms with Crippen LogP contribution in [0.4, 0.5) is 9.18 Å². The van der Waals surface area contributed by atoms with Gasteiger partial charge in [-0.1, -0.05) is 29.8 Å². The highest BCUT2D eigenvalue weighted by Crippen LogP contribution is 2.39. The van der Waals surface area contributed by atoms with Crippen molar-refractivity contribution in [1.82, 2.24) is 14.5 Å². The number of piperazine rings is 1. The van der Waals surface area contributed by atoms with Crippen molar-refractivity contribution in [2.75, 3.05) is 26.2 Å². The number of ether oxygens (including phenoxy) is 1. The summed E-state index contributed by atoms with van der Waals surface area (Å²) in [5.74, 6) is -0.411. The normalized spacial score (nSPS) is 24.1. The highest BCUT2D eigenvalue weighted by Gasteiger charge is 2.41. The Kier molecular flexibility index (Phi) is 7.54. The van der Waals surface area contributed by atoms with Gasteiger partial charge in [0.05, 0.1) is 17.0 Å². The van der Waals surface area contributed by atoms with Gasteiger partial charge in [-0.05, 0) is 62.9 Å². The van der Waals surface area contributed by atoms with Crippen molar-refractivity contribution in [3.8, 4) is 0 Å². The van der Waals surface area contributed by atoms with Crippen LogP contribution in [-0.4, -0.2) is 62.0 Å². The molecule has 184 valence electrons. The van der Waals surface area contributed by atoms with E-state index in [4.69, 9.17) is 4.74 Å². The first-order valence-electron chi connectivity index (χ1n) is 11.8. The Morgan fingerprint density at radius 1 is 1.18 bits per heavy atom. The van der Waals surface area contributed by atoms with E-state index in [0.29, 0.717) is 38.0 Å². The molecular weight excluding hydrogens is 457 g/mol. The first kappa shape index (κ1) is 24.6. The number of benzene rings is 2. The Morgan fingerprint density at radius 2 is 1.94 bits per heavy atom. The molecule has 2 heterocycles.